The van der Waals surface area contributed by atoms with Crippen molar-refractivity contribution in [3.8, 4) is 0 Å². The number of rotatable bonds is 3. The van der Waals surface area contributed by atoms with E-state index in [0.29, 0.717) is 55.5 Å². The van der Waals surface area contributed by atoms with Crippen LogP contribution in [0.1, 0.15) is 63.9 Å². The lowest BCUT2D eigenvalue weighted by molar-refractivity contribution is -0.126. The summed E-state index contributed by atoms with van der Waals surface area (Å²) in [6.07, 6.45) is 2.03. The highest BCUT2D eigenvalue weighted by atomic mass is 16.2. The van der Waals surface area contributed by atoms with Crippen LogP contribution in [-0.4, -0.2) is 34.3 Å². The summed E-state index contributed by atoms with van der Waals surface area (Å²) in [6.45, 7) is 2.19. The highest BCUT2D eigenvalue weighted by Crippen LogP contribution is 2.30. The Labute approximate surface area is 175 Å². The molecule has 0 saturated heterocycles. The first kappa shape index (κ1) is 20.0. The number of ketones is 2. The Morgan fingerprint density at radius 2 is 1.83 bits per heavy atom. The van der Waals surface area contributed by atoms with E-state index in [0.717, 1.165) is 11.1 Å². The van der Waals surface area contributed by atoms with Gasteiger partial charge in [0.2, 0.25) is 0 Å². The van der Waals surface area contributed by atoms with Crippen molar-refractivity contribution < 1.29 is 19.2 Å². The molecule has 1 fully saturated rings. The number of nitrogens with one attached hydrogen (secondary N) is 1. The monoisotopic (exact) mass is 404 g/mol. The molecule has 1 heterocycles. The molecule has 6 heteroatoms. The van der Waals surface area contributed by atoms with Crippen molar-refractivity contribution in [2.45, 2.75) is 51.6 Å². The Hall–Kier alpha value is -3.28. The Bertz CT molecular complexity index is 1040. The topological polar surface area (TPSA) is 83.6 Å². The lowest BCUT2D eigenvalue weighted by Gasteiger charge is -2.27. The minimum absolute atomic E-state index is 0.0248. The predicted molar refractivity (Wildman–Crippen MR) is 112 cm³/mol. The first-order valence-corrected chi connectivity index (χ1v) is 10.3. The van der Waals surface area contributed by atoms with E-state index in [-0.39, 0.29) is 23.4 Å². The van der Waals surface area contributed by atoms with Gasteiger partial charge < -0.3 is 10.2 Å². The summed E-state index contributed by atoms with van der Waals surface area (Å²) >= 11 is 0. The standard InChI is InChI=1S/C24H24N2O4/c1-15-5-2-3-7-19(15)23(29)25-17-9-11-20-16(13-17)14-26(24(20)30)21-12-10-18(27)6-4-8-22(21)28/h2-3,5,7,9,11,13,21H,4,6,8,10,12,14H2,1H3,(H,25,29). The van der Waals surface area contributed by atoms with Crippen LogP contribution in [0.5, 0.6) is 0 Å². The van der Waals surface area contributed by atoms with Crippen LogP contribution in [-0.2, 0) is 16.1 Å². The molecule has 2 aliphatic rings. The number of hydrogen-bond donors (Lipinski definition) is 1. The number of Topliss-reactive ketones (excluding diaryl/α,β-unsaturated/α-hetero) is 2. The van der Waals surface area contributed by atoms with Gasteiger partial charge in [-0.1, -0.05) is 18.2 Å². The molecule has 0 bridgehead atoms. The Morgan fingerprint density at radius 1 is 1.03 bits per heavy atom. The molecule has 1 aliphatic heterocycles. The van der Waals surface area contributed by atoms with Gasteiger partial charge >= 0.3 is 0 Å². The fraction of sp³-hybridized carbons (Fsp3) is 0.333. The van der Waals surface area contributed by atoms with E-state index in [9.17, 15) is 19.2 Å². The molecule has 0 radical (unpaired) electrons. The molecule has 1 saturated carbocycles. The third kappa shape index (κ3) is 3.90. The van der Waals surface area contributed by atoms with E-state index in [1.807, 2.05) is 25.1 Å². The van der Waals surface area contributed by atoms with Crippen LogP contribution in [0.2, 0.25) is 0 Å². The molecule has 2 aromatic carbocycles. The minimum atomic E-state index is -0.556. The van der Waals surface area contributed by atoms with E-state index in [1.54, 1.807) is 29.2 Å². The summed E-state index contributed by atoms with van der Waals surface area (Å²) in [4.78, 5) is 51.5. The number of amides is 2. The molecule has 154 valence electrons. The number of hydrogen-bond acceptors (Lipinski definition) is 4. The maximum Gasteiger partial charge on any atom is 0.255 e. The van der Waals surface area contributed by atoms with Crippen LogP contribution < -0.4 is 5.32 Å². The van der Waals surface area contributed by atoms with Crippen molar-refractivity contribution in [2.24, 2.45) is 0 Å². The fourth-order valence-electron chi connectivity index (χ4n) is 4.24. The van der Waals surface area contributed by atoms with E-state index in [1.165, 1.54) is 0 Å². The second-order valence-electron chi connectivity index (χ2n) is 7.99. The van der Waals surface area contributed by atoms with Gasteiger partial charge in [-0.15, -0.1) is 0 Å². The van der Waals surface area contributed by atoms with E-state index in [4.69, 9.17) is 0 Å². The number of nitrogens with zero attached hydrogens (tertiary/aromatic N) is 1. The zero-order valence-electron chi connectivity index (χ0n) is 16.9. The van der Waals surface area contributed by atoms with Gasteiger partial charge in [0.15, 0.2) is 5.78 Å². The largest absolute Gasteiger partial charge is 0.324 e. The van der Waals surface area contributed by atoms with Crippen LogP contribution in [0, 0.1) is 6.92 Å². The summed E-state index contributed by atoms with van der Waals surface area (Å²) in [6, 6.07) is 12.0. The molecule has 1 unspecified atom stereocenters. The number of fused-ring (bicyclic) bond motifs is 1. The minimum Gasteiger partial charge on any atom is -0.324 e. The molecule has 1 N–H and O–H groups in total. The molecular weight excluding hydrogens is 380 g/mol. The predicted octanol–water partition coefficient (Wildman–Crippen LogP) is 3.67. The van der Waals surface area contributed by atoms with Crippen LogP contribution in [0.15, 0.2) is 42.5 Å². The highest BCUT2D eigenvalue weighted by molar-refractivity contribution is 6.06. The summed E-state index contributed by atoms with van der Waals surface area (Å²) < 4.78 is 0. The summed E-state index contributed by atoms with van der Waals surface area (Å²) in [5.74, 6) is -0.217. The Morgan fingerprint density at radius 3 is 2.63 bits per heavy atom. The van der Waals surface area contributed by atoms with Crippen molar-refractivity contribution in [3.05, 3.63) is 64.7 Å². The van der Waals surface area contributed by atoms with Gasteiger partial charge in [0.1, 0.15) is 5.78 Å². The van der Waals surface area contributed by atoms with E-state index >= 15 is 0 Å². The molecule has 2 aromatic rings. The van der Waals surface area contributed by atoms with Crippen molar-refractivity contribution in [3.63, 3.8) is 0 Å². The maximum absolute atomic E-state index is 12.9. The van der Waals surface area contributed by atoms with Gasteiger partial charge in [-0.05, 0) is 55.2 Å². The van der Waals surface area contributed by atoms with Gasteiger partial charge in [0, 0.05) is 42.6 Å². The first-order chi connectivity index (χ1) is 14.4. The lowest BCUT2D eigenvalue weighted by atomic mass is 9.94. The van der Waals surface area contributed by atoms with Crippen LogP contribution in [0.4, 0.5) is 5.69 Å². The van der Waals surface area contributed by atoms with Crippen molar-refractivity contribution in [2.75, 3.05) is 5.32 Å². The highest BCUT2D eigenvalue weighted by Gasteiger charge is 2.36. The molecule has 1 atom stereocenters. The van der Waals surface area contributed by atoms with E-state index in [2.05, 4.69) is 5.32 Å². The molecule has 0 aromatic heterocycles. The summed E-state index contributed by atoms with van der Waals surface area (Å²) in [7, 11) is 0. The summed E-state index contributed by atoms with van der Waals surface area (Å²) in [5, 5.41) is 2.89. The van der Waals surface area contributed by atoms with Crippen molar-refractivity contribution in [1.29, 1.82) is 0 Å². The number of benzene rings is 2. The Balaban J connectivity index is 1.52. The van der Waals surface area contributed by atoms with E-state index < -0.39 is 6.04 Å². The quantitative estimate of drug-likeness (QED) is 0.846. The number of aryl methyl sites for hydroxylation is 1. The van der Waals surface area contributed by atoms with Gasteiger partial charge in [-0.2, -0.15) is 0 Å². The zero-order valence-corrected chi connectivity index (χ0v) is 16.9. The molecule has 0 spiro atoms. The molecule has 6 nitrogen and oxygen atoms in total. The van der Waals surface area contributed by atoms with Crippen molar-refractivity contribution in [1.82, 2.24) is 4.90 Å². The van der Waals surface area contributed by atoms with Gasteiger partial charge in [-0.3, -0.25) is 19.2 Å². The molecule has 4 rings (SSSR count). The van der Waals surface area contributed by atoms with Crippen molar-refractivity contribution >= 4 is 29.1 Å². The lowest BCUT2D eigenvalue weighted by Crippen LogP contribution is -2.42. The number of carbonyl (C=O) groups is 4. The average molecular weight is 404 g/mol. The molecular formula is C24H24N2O4. The zero-order chi connectivity index (χ0) is 21.3. The van der Waals surface area contributed by atoms with Crippen LogP contribution in [0.3, 0.4) is 0 Å². The van der Waals surface area contributed by atoms with Crippen LogP contribution in [0.25, 0.3) is 0 Å². The fourth-order valence-corrected chi connectivity index (χ4v) is 4.24. The van der Waals surface area contributed by atoms with Gasteiger partial charge in [0.25, 0.3) is 11.8 Å². The van der Waals surface area contributed by atoms with Gasteiger partial charge in [0.05, 0.1) is 6.04 Å². The second-order valence-corrected chi connectivity index (χ2v) is 7.99. The normalized spacial score (nSPS) is 19.3. The maximum atomic E-state index is 12.9. The number of anilines is 1. The third-order valence-electron chi connectivity index (χ3n) is 5.91. The SMILES string of the molecule is Cc1ccccc1C(=O)Nc1ccc2c(c1)CN(C1CCC(=O)CCCC1=O)C2=O. The van der Waals surface area contributed by atoms with Crippen LogP contribution >= 0.6 is 0 Å². The second kappa shape index (κ2) is 8.22. The smallest absolute Gasteiger partial charge is 0.255 e. The molecule has 1 aliphatic carbocycles. The van der Waals surface area contributed by atoms with Gasteiger partial charge in [-0.25, -0.2) is 0 Å². The Kier molecular flexibility index (Phi) is 5.48. The average Bonchev–Trinajstić information content (AvgIpc) is 3.03. The summed E-state index contributed by atoms with van der Waals surface area (Å²) in [5.41, 5.74) is 3.42. The first-order valence-electron chi connectivity index (χ1n) is 10.3. The molecule has 2 amide bonds. The molecule has 30 heavy (non-hydrogen) atoms. The number of carbonyl (C=O) groups excluding carboxylic acids is 4. The third-order valence-corrected chi connectivity index (χ3v) is 5.91.